The van der Waals surface area contributed by atoms with Crippen molar-refractivity contribution in [3.8, 4) is 0 Å². The zero-order valence-electron chi connectivity index (χ0n) is 13.3. The van der Waals surface area contributed by atoms with Crippen molar-refractivity contribution in [1.29, 1.82) is 0 Å². The molecule has 3 rings (SSSR count). The molecule has 3 aliphatic carbocycles. The molecule has 3 aliphatic rings. The monoisotopic (exact) mass is 266 g/mol. The molecule has 0 saturated heterocycles. The average molecular weight is 266 g/mol. The summed E-state index contributed by atoms with van der Waals surface area (Å²) in [6.07, 6.45) is 13.9. The Morgan fingerprint density at radius 2 is 1.65 bits per heavy atom. The first kappa shape index (κ1) is 13.7. The van der Waals surface area contributed by atoms with Crippen molar-refractivity contribution < 1.29 is 0 Å². The summed E-state index contributed by atoms with van der Waals surface area (Å²) in [6.45, 7) is 9.20. The molecule has 0 radical (unpaired) electrons. The Balaban J connectivity index is 2.04. The predicted octanol–water partition coefficient (Wildman–Crippen LogP) is 6.05. The van der Waals surface area contributed by atoms with Crippen LogP contribution < -0.4 is 0 Å². The van der Waals surface area contributed by atoms with Gasteiger partial charge in [-0.25, -0.2) is 0 Å². The van der Waals surface area contributed by atoms with Crippen LogP contribution in [0.1, 0.15) is 59.8 Å². The highest BCUT2D eigenvalue weighted by molar-refractivity contribution is 5.67. The van der Waals surface area contributed by atoms with Crippen LogP contribution in [0.4, 0.5) is 0 Å². The molecule has 0 nitrogen and oxygen atoms in total. The zero-order chi connectivity index (χ0) is 14.3. The Bertz CT molecular complexity index is 580. The van der Waals surface area contributed by atoms with Crippen molar-refractivity contribution in [1.82, 2.24) is 0 Å². The van der Waals surface area contributed by atoms with Crippen molar-refractivity contribution in [3.63, 3.8) is 0 Å². The second-order valence-electron chi connectivity index (χ2n) is 6.63. The van der Waals surface area contributed by atoms with Crippen molar-refractivity contribution in [3.05, 3.63) is 57.2 Å². The van der Waals surface area contributed by atoms with Gasteiger partial charge in [0.05, 0.1) is 0 Å². The molecule has 0 heterocycles. The van der Waals surface area contributed by atoms with Crippen molar-refractivity contribution in [2.24, 2.45) is 5.92 Å². The first-order valence-corrected chi connectivity index (χ1v) is 8.11. The topological polar surface area (TPSA) is 0 Å². The van der Waals surface area contributed by atoms with Gasteiger partial charge in [-0.1, -0.05) is 31.1 Å². The molecule has 106 valence electrons. The van der Waals surface area contributed by atoms with Gasteiger partial charge in [-0.05, 0) is 86.0 Å². The van der Waals surface area contributed by atoms with E-state index in [4.69, 9.17) is 0 Å². The van der Waals surface area contributed by atoms with Gasteiger partial charge in [0.1, 0.15) is 0 Å². The molecular formula is C20H26. The van der Waals surface area contributed by atoms with E-state index in [1.165, 1.54) is 54.4 Å². The molecule has 20 heavy (non-hydrogen) atoms. The van der Waals surface area contributed by atoms with E-state index in [1.807, 2.05) is 0 Å². The number of hydrogen-bond acceptors (Lipinski definition) is 0. The van der Waals surface area contributed by atoms with Crippen molar-refractivity contribution in [2.75, 3.05) is 0 Å². The van der Waals surface area contributed by atoms with Gasteiger partial charge in [-0.15, -0.1) is 0 Å². The lowest BCUT2D eigenvalue weighted by atomic mass is 9.89. The molecule has 0 amide bonds. The summed E-state index contributed by atoms with van der Waals surface area (Å²) in [5.41, 5.74) is 10.8. The third kappa shape index (κ3) is 2.16. The third-order valence-corrected chi connectivity index (χ3v) is 5.30. The van der Waals surface area contributed by atoms with E-state index >= 15 is 0 Å². The van der Waals surface area contributed by atoms with Crippen LogP contribution in [-0.4, -0.2) is 0 Å². The Labute approximate surface area is 123 Å². The van der Waals surface area contributed by atoms with Gasteiger partial charge < -0.3 is 0 Å². The molecule has 1 unspecified atom stereocenters. The summed E-state index contributed by atoms with van der Waals surface area (Å²) in [5, 5.41) is 0. The van der Waals surface area contributed by atoms with Gasteiger partial charge in [-0.2, -0.15) is 0 Å². The van der Waals surface area contributed by atoms with E-state index in [1.54, 1.807) is 16.7 Å². The minimum atomic E-state index is 0.569. The molecule has 0 bridgehead atoms. The molecule has 1 fully saturated rings. The van der Waals surface area contributed by atoms with E-state index in [9.17, 15) is 0 Å². The van der Waals surface area contributed by atoms with Gasteiger partial charge >= 0.3 is 0 Å². The lowest BCUT2D eigenvalue weighted by Gasteiger charge is -2.16. The Kier molecular flexibility index (Phi) is 3.58. The Hall–Kier alpha value is -1.30. The summed E-state index contributed by atoms with van der Waals surface area (Å²) in [7, 11) is 0. The molecule has 0 aromatic carbocycles. The molecule has 0 spiro atoms. The number of rotatable bonds is 1. The predicted molar refractivity (Wildman–Crippen MR) is 87.6 cm³/mol. The lowest BCUT2D eigenvalue weighted by molar-refractivity contribution is 0.596. The lowest BCUT2D eigenvalue weighted by Crippen LogP contribution is -1.98. The van der Waals surface area contributed by atoms with E-state index in [-0.39, 0.29) is 0 Å². The van der Waals surface area contributed by atoms with Crippen LogP contribution in [-0.2, 0) is 0 Å². The Morgan fingerprint density at radius 3 is 2.25 bits per heavy atom. The van der Waals surface area contributed by atoms with Crippen LogP contribution in [0.5, 0.6) is 0 Å². The fourth-order valence-corrected chi connectivity index (χ4v) is 3.95. The average Bonchev–Trinajstić information content (AvgIpc) is 2.93. The van der Waals surface area contributed by atoms with Gasteiger partial charge in [0.25, 0.3) is 0 Å². The minimum Gasteiger partial charge on any atom is -0.0770 e. The highest BCUT2D eigenvalue weighted by Crippen LogP contribution is 2.43. The largest absolute Gasteiger partial charge is 0.0770 e. The van der Waals surface area contributed by atoms with Crippen LogP contribution in [0.15, 0.2) is 57.2 Å². The smallest absolute Gasteiger partial charge is 0.000144 e. The van der Waals surface area contributed by atoms with Crippen molar-refractivity contribution >= 4 is 0 Å². The quantitative estimate of drug-likeness (QED) is 0.542. The molecule has 0 N–H and O–H groups in total. The SMILES string of the molecule is CC1=C(C2=CC(=C3CCCCC3)C(C)=C2C)C(C)C=C1. The maximum atomic E-state index is 2.49. The second-order valence-corrected chi connectivity index (χ2v) is 6.63. The first-order chi connectivity index (χ1) is 9.59. The number of hydrogen-bond donors (Lipinski definition) is 0. The van der Waals surface area contributed by atoms with E-state index < -0.39 is 0 Å². The van der Waals surface area contributed by atoms with Crippen LogP contribution in [0.3, 0.4) is 0 Å². The summed E-state index contributed by atoms with van der Waals surface area (Å²) >= 11 is 0. The maximum Gasteiger partial charge on any atom is 0.000144 e. The third-order valence-electron chi connectivity index (χ3n) is 5.30. The summed E-state index contributed by atoms with van der Waals surface area (Å²) in [4.78, 5) is 0. The van der Waals surface area contributed by atoms with Gasteiger partial charge in [0.2, 0.25) is 0 Å². The molecular weight excluding hydrogens is 240 g/mol. The normalized spacial score (nSPS) is 27.0. The van der Waals surface area contributed by atoms with E-state index in [2.05, 4.69) is 45.9 Å². The fourth-order valence-electron chi connectivity index (χ4n) is 3.95. The highest BCUT2D eigenvalue weighted by Gasteiger charge is 2.25. The van der Waals surface area contributed by atoms with E-state index in [0.717, 1.165) is 0 Å². The summed E-state index contributed by atoms with van der Waals surface area (Å²) in [5.74, 6) is 0.569. The second kappa shape index (κ2) is 5.24. The zero-order valence-corrected chi connectivity index (χ0v) is 13.3. The Morgan fingerprint density at radius 1 is 0.950 bits per heavy atom. The molecule has 1 atom stereocenters. The van der Waals surface area contributed by atoms with Gasteiger partial charge in [-0.3, -0.25) is 0 Å². The molecule has 0 aromatic heterocycles. The molecule has 0 aliphatic heterocycles. The van der Waals surface area contributed by atoms with Crippen LogP contribution in [0.25, 0.3) is 0 Å². The molecule has 0 heteroatoms. The molecule has 1 saturated carbocycles. The minimum absolute atomic E-state index is 0.569. The van der Waals surface area contributed by atoms with E-state index in [0.29, 0.717) is 5.92 Å². The molecule has 0 aromatic rings. The highest BCUT2D eigenvalue weighted by atomic mass is 14.3. The fraction of sp³-hybridized carbons (Fsp3) is 0.500. The van der Waals surface area contributed by atoms with Crippen molar-refractivity contribution in [2.45, 2.75) is 59.8 Å². The van der Waals surface area contributed by atoms with Crippen LogP contribution >= 0.6 is 0 Å². The van der Waals surface area contributed by atoms with Gasteiger partial charge in [0.15, 0.2) is 0 Å². The maximum absolute atomic E-state index is 2.49. The summed E-state index contributed by atoms with van der Waals surface area (Å²) < 4.78 is 0. The van der Waals surface area contributed by atoms with Crippen LogP contribution in [0, 0.1) is 5.92 Å². The summed E-state index contributed by atoms with van der Waals surface area (Å²) in [6, 6.07) is 0. The van der Waals surface area contributed by atoms with Crippen LogP contribution in [0.2, 0.25) is 0 Å². The standard InChI is InChI=1S/C20H26/c1-13-10-11-14(2)20(13)19-12-18(15(3)16(19)4)17-8-6-5-7-9-17/h10-13H,5-9H2,1-4H3. The number of allylic oxidation sites excluding steroid dienone is 10. The van der Waals surface area contributed by atoms with Gasteiger partial charge in [0, 0.05) is 5.92 Å². The first-order valence-electron chi connectivity index (χ1n) is 8.11.